The summed E-state index contributed by atoms with van der Waals surface area (Å²) in [6.45, 7) is 20.2. The van der Waals surface area contributed by atoms with Gasteiger partial charge in [-0.3, -0.25) is 0 Å². The van der Waals surface area contributed by atoms with Crippen LogP contribution in [0.3, 0.4) is 0 Å². The van der Waals surface area contributed by atoms with Crippen molar-refractivity contribution in [3.05, 3.63) is 16.7 Å². The van der Waals surface area contributed by atoms with E-state index in [4.69, 9.17) is 17.7 Å². The largest absolute Gasteiger partial charge is 0.397 e. The molecule has 1 rings (SSSR count). The molecule has 0 aromatic heterocycles. The minimum atomic E-state index is -1.22. The Bertz CT molecular complexity index is 820. The van der Waals surface area contributed by atoms with Crippen LogP contribution >= 0.6 is 0 Å². The van der Waals surface area contributed by atoms with Crippen LogP contribution in [0.4, 0.5) is 5.69 Å². The number of benzene rings is 1. The molecule has 1 aromatic rings. The van der Waals surface area contributed by atoms with E-state index in [1.807, 2.05) is 0 Å². The summed E-state index contributed by atoms with van der Waals surface area (Å²) in [6.07, 6.45) is 4.58. The normalized spacial score (nSPS) is 12.2. The fourth-order valence-corrected chi connectivity index (χ4v) is 12.2. The van der Waals surface area contributed by atoms with Gasteiger partial charge >= 0.3 is 18.6 Å². The van der Waals surface area contributed by atoms with Gasteiger partial charge in [-0.2, -0.15) is 0 Å². The second-order valence-corrected chi connectivity index (χ2v) is 20.9. The SMILES string of the molecule is CCN(CC)c1c(C)c(CC[Si](OC)OC)c([Si](C)C)c(CC[Si]CN(C)CCC[Si](OC)OC)c1[Si](C)C. The zero-order valence-electron chi connectivity index (χ0n) is 27.1. The summed E-state index contributed by atoms with van der Waals surface area (Å²) >= 11 is 0. The van der Waals surface area contributed by atoms with Gasteiger partial charge in [0.25, 0.3) is 0 Å². The molecule has 6 nitrogen and oxygen atoms in total. The zero-order chi connectivity index (χ0) is 29.5. The molecular formula is C28H56N2O4Si5. The Kier molecular flexibility index (Phi) is 18.9. The van der Waals surface area contributed by atoms with E-state index in [1.165, 1.54) is 24.2 Å². The molecule has 0 saturated heterocycles. The van der Waals surface area contributed by atoms with Crippen molar-refractivity contribution in [3.63, 3.8) is 0 Å². The number of rotatable bonds is 21. The average Bonchev–Trinajstić information content (AvgIpc) is 2.91. The number of hydrogen-bond acceptors (Lipinski definition) is 6. The quantitative estimate of drug-likeness (QED) is 0.153. The smallest absolute Gasteiger partial charge is 0.384 e. The van der Waals surface area contributed by atoms with Crippen LogP contribution in [0, 0.1) is 6.92 Å². The molecule has 0 fully saturated rings. The van der Waals surface area contributed by atoms with Gasteiger partial charge in [0, 0.05) is 47.2 Å². The van der Waals surface area contributed by atoms with E-state index in [1.54, 1.807) is 55.6 Å². The third-order valence-electron chi connectivity index (χ3n) is 7.37. The Morgan fingerprint density at radius 3 is 1.77 bits per heavy atom. The molecule has 0 N–H and O–H groups in total. The third kappa shape index (κ3) is 11.3. The maximum Gasteiger partial charge on any atom is 0.384 e. The second-order valence-electron chi connectivity index (χ2n) is 10.5. The van der Waals surface area contributed by atoms with E-state index in [-0.39, 0.29) is 0 Å². The molecule has 0 atom stereocenters. The van der Waals surface area contributed by atoms with Gasteiger partial charge < -0.3 is 27.5 Å². The molecule has 0 bridgehead atoms. The van der Waals surface area contributed by atoms with Gasteiger partial charge in [0.05, 0.1) is 27.1 Å². The van der Waals surface area contributed by atoms with Gasteiger partial charge in [-0.05, 0) is 93.8 Å². The molecule has 0 amide bonds. The summed E-state index contributed by atoms with van der Waals surface area (Å²) in [4.78, 5) is 5.12. The lowest BCUT2D eigenvalue weighted by molar-refractivity contribution is 0.273. The molecule has 1 aromatic carbocycles. The van der Waals surface area contributed by atoms with E-state index < -0.39 is 36.2 Å². The third-order valence-corrected chi connectivity index (χ3v) is 15.1. The Morgan fingerprint density at radius 2 is 1.28 bits per heavy atom. The van der Waals surface area contributed by atoms with Crippen LogP contribution in [-0.4, -0.2) is 112 Å². The second kappa shape index (κ2) is 19.9. The van der Waals surface area contributed by atoms with E-state index in [2.05, 4.69) is 63.8 Å². The van der Waals surface area contributed by atoms with Crippen LogP contribution in [0.1, 0.15) is 37.0 Å². The molecule has 6 radical (unpaired) electrons. The molecule has 0 spiro atoms. The molecular weight excluding hydrogens is 569 g/mol. The Morgan fingerprint density at radius 1 is 0.744 bits per heavy atom. The highest BCUT2D eigenvalue weighted by atomic mass is 28.3. The van der Waals surface area contributed by atoms with Crippen molar-refractivity contribution in [2.45, 2.75) is 84.4 Å². The summed E-state index contributed by atoms with van der Waals surface area (Å²) in [6, 6.07) is 3.31. The summed E-state index contributed by atoms with van der Waals surface area (Å²) in [5, 5.41) is 3.43. The van der Waals surface area contributed by atoms with Gasteiger partial charge in [0.15, 0.2) is 0 Å². The van der Waals surface area contributed by atoms with E-state index in [0.29, 0.717) is 0 Å². The van der Waals surface area contributed by atoms with E-state index >= 15 is 0 Å². The average molecular weight is 625 g/mol. The minimum absolute atomic E-state index is 0.643. The lowest BCUT2D eigenvalue weighted by Crippen LogP contribution is -2.45. The fourth-order valence-electron chi connectivity index (χ4n) is 5.47. The highest BCUT2D eigenvalue weighted by Crippen LogP contribution is 2.27. The monoisotopic (exact) mass is 624 g/mol. The highest BCUT2D eigenvalue weighted by Gasteiger charge is 2.28. The number of anilines is 1. The van der Waals surface area contributed by atoms with Gasteiger partial charge in [0.2, 0.25) is 0 Å². The Labute approximate surface area is 250 Å². The van der Waals surface area contributed by atoms with Crippen LogP contribution in [0.25, 0.3) is 0 Å². The predicted molar refractivity (Wildman–Crippen MR) is 178 cm³/mol. The van der Waals surface area contributed by atoms with Gasteiger partial charge in [-0.15, -0.1) is 0 Å². The lowest BCUT2D eigenvalue weighted by Gasteiger charge is -2.34. The molecule has 0 heterocycles. The summed E-state index contributed by atoms with van der Waals surface area (Å²) in [5.41, 5.74) is 6.38. The first-order chi connectivity index (χ1) is 18.6. The van der Waals surface area contributed by atoms with Crippen LogP contribution in [0.5, 0.6) is 0 Å². The summed E-state index contributed by atoms with van der Waals surface area (Å²) < 4.78 is 22.3. The molecule has 39 heavy (non-hydrogen) atoms. The Hall–Kier alpha value is -0.0956. The molecule has 0 unspecified atom stereocenters. The molecule has 0 aliphatic rings. The van der Waals surface area contributed by atoms with E-state index in [0.717, 1.165) is 54.1 Å². The summed E-state index contributed by atoms with van der Waals surface area (Å²) in [7, 11) is 6.76. The van der Waals surface area contributed by atoms with Crippen molar-refractivity contribution in [2.75, 3.05) is 66.2 Å². The first kappa shape index (κ1) is 36.9. The van der Waals surface area contributed by atoms with Crippen molar-refractivity contribution in [1.82, 2.24) is 4.90 Å². The topological polar surface area (TPSA) is 43.4 Å². The van der Waals surface area contributed by atoms with Crippen LogP contribution < -0.4 is 15.3 Å². The standard InChI is InChI=1S/C28H56N2O4Si5/c1-13-30(14-2)26-23(3)24(17-21-39(33-7)34-8)27(36(9)10)25(28(26)37(11)12)16-19-35-22-29(4)18-15-20-38(31-5)32-6/h13-22H2,1-12H3. The summed E-state index contributed by atoms with van der Waals surface area (Å²) in [5.74, 6) is 0. The maximum atomic E-state index is 5.70. The van der Waals surface area contributed by atoms with Gasteiger partial charge in [-0.1, -0.05) is 37.4 Å². The zero-order valence-corrected chi connectivity index (χ0v) is 32.1. The van der Waals surface area contributed by atoms with Crippen LogP contribution in [-0.2, 0) is 30.5 Å². The molecule has 0 aliphatic carbocycles. The van der Waals surface area contributed by atoms with Crippen molar-refractivity contribution in [2.24, 2.45) is 0 Å². The lowest BCUT2D eigenvalue weighted by atomic mass is 9.97. The van der Waals surface area contributed by atoms with Crippen molar-refractivity contribution in [1.29, 1.82) is 0 Å². The fraction of sp³-hybridized carbons (Fsp3) is 0.786. The highest BCUT2D eigenvalue weighted by molar-refractivity contribution is 6.76. The number of hydrogen-bond donors (Lipinski definition) is 0. The van der Waals surface area contributed by atoms with Gasteiger partial charge in [0.1, 0.15) is 0 Å². The Balaban J connectivity index is 3.30. The van der Waals surface area contributed by atoms with Crippen molar-refractivity contribution < 1.29 is 17.7 Å². The predicted octanol–water partition coefficient (Wildman–Crippen LogP) is 3.81. The molecule has 222 valence electrons. The van der Waals surface area contributed by atoms with Crippen LogP contribution in [0.2, 0.25) is 44.3 Å². The first-order valence-electron chi connectivity index (χ1n) is 14.4. The minimum Gasteiger partial charge on any atom is -0.397 e. The van der Waals surface area contributed by atoms with E-state index in [9.17, 15) is 0 Å². The maximum absolute atomic E-state index is 5.70. The van der Waals surface area contributed by atoms with Gasteiger partial charge in [-0.25, -0.2) is 0 Å². The first-order valence-corrected chi connectivity index (χ1v) is 23.9. The molecule has 11 heteroatoms. The molecule has 0 aliphatic heterocycles. The molecule has 0 saturated carbocycles. The van der Waals surface area contributed by atoms with Crippen molar-refractivity contribution in [3.8, 4) is 0 Å². The van der Waals surface area contributed by atoms with Crippen molar-refractivity contribution >= 4 is 61.7 Å². The van der Waals surface area contributed by atoms with Crippen LogP contribution in [0.15, 0.2) is 0 Å². The number of nitrogens with zero attached hydrogens (tertiary/aromatic N) is 2.